The molecular weight excluding hydrogens is 282 g/mol. The quantitative estimate of drug-likeness (QED) is 0.628. The smallest absolute Gasteiger partial charge is 0.150 e. The first kappa shape index (κ1) is 13.6. The van der Waals surface area contributed by atoms with E-state index in [4.69, 9.17) is 0 Å². The zero-order valence-electron chi connectivity index (χ0n) is 11.3. The van der Waals surface area contributed by atoms with Crippen molar-refractivity contribution >= 4 is 35.7 Å². The van der Waals surface area contributed by atoms with Gasteiger partial charge in [0.1, 0.15) is 12.6 Å². The molecule has 2 aromatic rings. The van der Waals surface area contributed by atoms with Gasteiger partial charge in [-0.05, 0) is 36.4 Å². The zero-order chi connectivity index (χ0) is 14.8. The summed E-state index contributed by atoms with van der Waals surface area (Å²) in [7, 11) is 0. The first-order chi connectivity index (χ1) is 10.3. The molecule has 0 bridgehead atoms. The Labute approximate surface area is 127 Å². The van der Waals surface area contributed by atoms with E-state index in [2.05, 4.69) is 11.5 Å². The molecule has 3 nitrogen and oxygen atoms in total. The van der Waals surface area contributed by atoms with Crippen LogP contribution in [-0.2, 0) is 0 Å². The maximum absolute atomic E-state index is 11.0. The minimum Gasteiger partial charge on any atom is -0.336 e. The molecule has 2 aromatic carbocycles. The predicted octanol–water partition coefficient (Wildman–Crippen LogP) is 4.10. The molecule has 0 radical (unpaired) electrons. The van der Waals surface area contributed by atoms with Crippen molar-refractivity contribution in [3.63, 3.8) is 0 Å². The van der Waals surface area contributed by atoms with Crippen molar-refractivity contribution in [3.05, 3.63) is 60.2 Å². The molecule has 0 amide bonds. The Hall–Kier alpha value is -2.33. The molecule has 0 saturated heterocycles. The lowest BCUT2D eigenvalue weighted by molar-refractivity contribution is 0.111. The molecule has 21 heavy (non-hydrogen) atoms. The van der Waals surface area contributed by atoms with Crippen molar-refractivity contribution in [2.45, 2.75) is 9.79 Å². The van der Waals surface area contributed by atoms with E-state index in [1.54, 1.807) is 11.8 Å². The predicted molar refractivity (Wildman–Crippen MR) is 85.0 cm³/mol. The van der Waals surface area contributed by atoms with E-state index in [0.29, 0.717) is 17.7 Å². The van der Waals surface area contributed by atoms with Crippen LogP contribution in [0.5, 0.6) is 0 Å². The van der Waals surface area contributed by atoms with Crippen molar-refractivity contribution < 1.29 is 9.59 Å². The third-order valence-electron chi connectivity index (χ3n) is 3.35. The SMILES string of the molecule is C=CCN1c2ccc(C=O)cc2Sc2cc(C=O)ccc21. The van der Waals surface area contributed by atoms with Crippen LogP contribution in [0.4, 0.5) is 11.4 Å². The summed E-state index contributed by atoms with van der Waals surface area (Å²) in [4.78, 5) is 26.1. The van der Waals surface area contributed by atoms with Crippen LogP contribution in [0.1, 0.15) is 20.7 Å². The van der Waals surface area contributed by atoms with E-state index in [1.807, 2.05) is 42.5 Å². The fraction of sp³-hybridized carbons (Fsp3) is 0.0588. The highest BCUT2D eigenvalue weighted by atomic mass is 32.2. The van der Waals surface area contributed by atoms with Crippen molar-refractivity contribution in [2.75, 3.05) is 11.4 Å². The largest absolute Gasteiger partial charge is 0.336 e. The van der Waals surface area contributed by atoms with Gasteiger partial charge in [-0.25, -0.2) is 0 Å². The number of carbonyl (C=O) groups is 2. The number of rotatable bonds is 4. The number of benzene rings is 2. The minimum absolute atomic E-state index is 0.648. The van der Waals surface area contributed by atoms with Crippen LogP contribution in [-0.4, -0.2) is 19.1 Å². The maximum atomic E-state index is 11.0. The minimum atomic E-state index is 0.648. The molecule has 0 saturated carbocycles. The third-order valence-corrected chi connectivity index (χ3v) is 4.45. The van der Waals surface area contributed by atoms with Gasteiger partial charge in [-0.3, -0.25) is 9.59 Å². The van der Waals surface area contributed by atoms with E-state index >= 15 is 0 Å². The second kappa shape index (κ2) is 5.58. The Morgan fingerprint density at radius 3 is 1.90 bits per heavy atom. The van der Waals surface area contributed by atoms with Gasteiger partial charge >= 0.3 is 0 Å². The van der Waals surface area contributed by atoms with Crippen LogP contribution in [0.15, 0.2) is 58.8 Å². The number of hydrogen-bond acceptors (Lipinski definition) is 4. The van der Waals surface area contributed by atoms with Crippen LogP contribution < -0.4 is 4.90 Å². The van der Waals surface area contributed by atoms with Crippen LogP contribution >= 0.6 is 11.8 Å². The number of carbonyl (C=O) groups excluding carboxylic acids is 2. The van der Waals surface area contributed by atoms with E-state index in [9.17, 15) is 9.59 Å². The first-order valence-corrected chi connectivity index (χ1v) is 7.33. The third kappa shape index (κ3) is 2.38. The van der Waals surface area contributed by atoms with Gasteiger partial charge in [0.25, 0.3) is 0 Å². The summed E-state index contributed by atoms with van der Waals surface area (Å²) in [6, 6.07) is 11.3. The lowest BCUT2D eigenvalue weighted by atomic mass is 10.1. The van der Waals surface area contributed by atoms with Gasteiger partial charge in [0, 0.05) is 27.5 Å². The van der Waals surface area contributed by atoms with Crippen molar-refractivity contribution in [3.8, 4) is 0 Å². The molecule has 0 spiro atoms. The van der Waals surface area contributed by atoms with Crippen LogP contribution in [0.25, 0.3) is 0 Å². The summed E-state index contributed by atoms with van der Waals surface area (Å²) in [5.74, 6) is 0. The standard InChI is InChI=1S/C17H13NO2S/c1-2-7-18-14-5-3-12(10-19)8-16(14)21-17-9-13(11-20)4-6-15(17)18/h2-6,8-11H,1,7H2. The number of anilines is 2. The zero-order valence-corrected chi connectivity index (χ0v) is 12.1. The highest BCUT2D eigenvalue weighted by Gasteiger charge is 2.23. The van der Waals surface area contributed by atoms with Crippen molar-refractivity contribution in [1.82, 2.24) is 0 Å². The van der Waals surface area contributed by atoms with Gasteiger partial charge in [0.05, 0.1) is 11.4 Å². The summed E-state index contributed by atoms with van der Waals surface area (Å²) in [6.07, 6.45) is 3.52. The van der Waals surface area contributed by atoms with Crippen LogP contribution in [0.3, 0.4) is 0 Å². The summed E-state index contributed by atoms with van der Waals surface area (Å²) in [5, 5.41) is 0. The van der Waals surface area contributed by atoms with Crippen molar-refractivity contribution in [1.29, 1.82) is 0 Å². The second-order valence-corrected chi connectivity index (χ2v) is 5.78. The molecule has 4 heteroatoms. The summed E-state index contributed by atoms with van der Waals surface area (Å²) >= 11 is 1.58. The van der Waals surface area contributed by atoms with Gasteiger partial charge in [0.15, 0.2) is 0 Å². The Morgan fingerprint density at radius 2 is 1.48 bits per heavy atom. The van der Waals surface area contributed by atoms with Crippen molar-refractivity contribution in [2.24, 2.45) is 0 Å². The van der Waals surface area contributed by atoms with E-state index in [0.717, 1.165) is 33.7 Å². The van der Waals surface area contributed by atoms with E-state index in [-0.39, 0.29) is 0 Å². The monoisotopic (exact) mass is 295 g/mol. The number of fused-ring (bicyclic) bond motifs is 2. The van der Waals surface area contributed by atoms with Gasteiger partial charge in [0.2, 0.25) is 0 Å². The Bertz CT molecular complexity index is 682. The van der Waals surface area contributed by atoms with Gasteiger partial charge < -0.3 is 4.90 Å². The van der Waals surface area contributed by atoms with E-state index in [1.165, 1.54) is 0 Å². The average molecular weight is 295 g/mol. The molecule has 1 aliphatic heterocycles. The molecule has 1 aliphatic rings. The molecule has 0 N–H and O–H groups in total. The van der Waals surface area contributed by atoms with Crippen LogP contribution in [0, 0.1) is 0 Å². The molecule has 1 heterocycles. The normalized spacial score (nSPS) is 12.3. The fourth-order valence-electron chi connectivity index (χ4n) is 2.39. The first-order valence-electron chi connectivity index (χ1n) is 6.51. The number of hydrogen-bond donors (Lipinski definition) is 0. The summed E-state index contributed by atoms with van der Waals surface area (Å²) in [6.45, 7) is 4.48. The molecule has 0 fully saturated rings. The van der Waals surface area contributed by atoms with Gasteiger partial charge in [-0.2, -0.15) is 0 Å². The molecule has 3 rings (SSSR count). The lowest BCUT2D eigenvalue weighted by Gasteiger charge is -2.32. The summed E-state index contributed by atoms with van der Waals surface area (Å²) < 4.78 is 0. The number of nitrogens with zero attached hydrogens (tertiary/aromatic N) is 1. The summed E-state index contributed by atoms with van der Waals surface area (Å²) in [5.41, 5.74) is 3.40. The molecular formula is C17H13NO2S. The van der Waals surface area contributed by atoms with E-state index < -0.39 is 0 Å². The highest BCUT2D eigenvalue weighted by molar-refractivity contribution is 7.99. The fourth-order valence-corrected chi connectivity index (χ4v) is 3.58. The molecule has 0 aliphatic carbocycles. The molecule has 0 aromatic heterocycles. The number of aldehydes is 2. The molecule has 0 unspecified atom stereocenters. The lowest BCUT2D eigenvalue weighted by Crippen LogP contribution is -2.20. The maximum Gasteiger partial charge on any atom is 0.150 e. The average Bonchev–Trinajstić information content (AvgIpc) is 2.53. The van der Waals surface area contributed by atoms with Gasteiger partial charge in [-0.1, -0.05) is 17.8 Å². The Morgan fingerprint density at radius 1 is 0.952 bits per heavy atom. The Balaban J connectivity index is 2.16. The van der Waals surface area contributed by atoms with Crippen LogP contribution in [0.2, 0.25) is 0 Å². The molecule has 104 valence electrons. The van der Waals surface area contributed by atoms with Gasteiger partial charge in [-0.15, -0.1) is 6.58 Å². The Kier molecular flexibility index (Phi) is 3.62. The molecule has 0 atom stereocenters. The second-order valence-electron chi connectivity index (χ2n) is 4.69. The topological polar surface area (TPSA) is 37.4 Å². The highest BCUT2D eigenvalue weighted by Crippen LogP contribution is 2.48.